The smallest absolute Gasteiger partial charge is 0.384 e. The topological polar surface area (TPSA) is 80.0 Å². The van der Waals surface area contributed by atoms with Crippen LogP contribution in [0, 0.1) is 0 Å². The maximum Gasteiger partial charge on any atom is 0.418 e. The maximum atomic E-state index is 13.5. The van der Waals surface area contributed by atoms with Gasteiger partial charge in [0.2, 0.25) is 0 Å². The number of halogens is 7. The molecule has 13 heteroatoms. The van der Waals surface area contributed by atoms with Crippen molar-refractivity contribution in [2.24, 2.45) is 0 Å². The number of hydrogen-bond donors (Lipinski definition) is 2. The standard InChI is InChI=1S/C19H15ClF6N6/c20-12-5-10-13(6-9(12)16-11(18(21,22)23)1-2-15(27)31-16)29-8-30-17(10)32-4-3-28-14(7-32)19(24,25)26/h1-2,5-6,8,14,28H,3-4,7H2,(H2,27,31). The zero-order valence-electron chi connectivity index (χ0n) is 16.1. The molecule has 0 bridgehead atoms. The Kier molecular flexibility index (Phi) is 5.53. The highest BCUT2D eigenvalue weighted by molar-refractivity contribution is 6.34. The molecule has 1 unspecified atom stereocenters. The Balaban J connectivity index is 1.82. The Morgan fingerprint density at radius 3 is 2.53 bits per heavy atom. The molecule has 0 spiro atoms. The molecule has 0 radical (unpaired) electrons. The summed E-state index contributed by atoms with van der Waals surface area (Å²) in [4.78, 5) is 13.4. The minimum atomic E-state index is -4.71. The second-order valence-corrected chi connectivity index (χ2v) is 7.58. The van der Waals surface area contributed by atoms with Crippen LogP contribution in [0.4, 0.5) is 38.0 Å². The first-order chi connectivity index (χ1) is 14.9. The summed E-state index contributed by atoms with van der Waals surface area (Å²) in [5, 5.41) is 2.62. The van der Waals surface area contributed by atoms with Crippen molar-refractivity contribution in [1.82, 2.24) is 20.3 Å². The van der Waals surface area contributed by atoms with Crippen LogP contribution >= 0.6 is 11.6 Å². The summed E-state index contributed by atoms with van der Waals surface area (Å²) in [5.74, 6) is 0.0716. The summed E-state index contributed by atoms with van der Waals surface area (Å²) < 4.78 is 80.0. The van der Waals surface area contributed by atoms with Gasteiger partial charge in [-0.15, -0.1) is 0 Å². The lowest BCUT2D eigenvalue weighted by molar-refractivity contribution is -0.155. The summed E-state index contributed by atoms with van der Waals surface area (Å²) in [6.07, 6.45) is -8.02. The molecule has 1 atom stereocenters. The van der Waals surface area contributed by atoms with Crippen LogP contribution in [0.25, 0.3) is 22.2 Å². The van der Waals surface area contributed by atoms with E-state index in [1.165, 1.54) is 17.0 Å². The van der Waals surface area contributed by atoms with Gasteiger partial charge in [-0.3, -0.25) is 0 Å². The quantitative estimate of drug-likeness (QED) is 0.537. The molecule has 32 heavy (non-hydrogen) atoms. The zero-order valence-corrected chi connectivity index (χ0v) is 16.9. The van der Waals surface area contributed by atoms with E-state index in [1.54, 1.807) is 0 Å². The van der Waals surface area contributed by atoms with Gasteiger partial charge in [0.15, 0.2) is 0 Å². The fraction of sp³-hybridized carbons (Fsp3) is 0.316. The predicted molar refractivity (Wildman–Crippen MR) is 107 cm³/mol. The van der Waals surface area contributed by atoms with Crippen LogP contribution in [-0.2, 0) is 6.18 Å². The monoisotopic (exact) mass is 476 g/mol. The van der Waals surface area contributed by atoms with E-state index in [2.05, 4.69) is 20.3 Å². The average Bonchev–Trinajstić information content (AvgIpc) is 2.71. The van der Waals surface area contributed by atoms with Crippen LogP contribution in [0.5, 0.6) is 0 Å². The van der Waals surface area contributed by atoms with Crippen molar-refractivity contribution >= 4 is 34.1 Å². The van der Waals surface area contributed by atoms with Gasteiger partial charge in [0.1, 0.15) is 24.0 Å². The Hall–Kier alpha value is -2.86. The molecule has 1 aromatic carbocycles. The molecule has 3 aromatic rings. The number of hydrogen-bond acceptors (Lipinski definition) is 6. The summed E-state index contributed by atoms with van der Waals surface area (Å²) in [6, 6.07) is 2.72. The largest absolute Gasteiger partial charge is 0.418 e. The van der Waals surface area contributed by atoms with E-state index in [1.807, 2.05) is 0 Å². The number of nitrogen functional groups attached to an aromatic ring is 1. The van der Waals surface area contributed by atoms with E-state index in [0.717, 1.165) is 18.5 Å². The number of nitrogens with two attached hydrogens (primary N) is 1. The molecule has 170 valence electrons. The number of pyridine rings is 1. The Morgan fingerprint density at radius 1 is 1.09 bits per heavy atom. The number of aromatic nitrogens is 3. The van der Waals surface area contributed by atoms with Crippen molar-refractivity contribution in [2.45, 2.75) is 18.4 Å². The van der Waals surface area contributed by atoms with Crippen molar-refractivity contribution in [2.75, 3.05) is 30.3 Å². The number of nitrogens with one attached hydrogen (secondary N) is 1. The number of rotatable bonds is 2. The second-order valence-electron chi connectivity index (χ2n) is 7.17. The van der Waals surface area contributed by atoms with Crippen LogP contribution in [0.15, 0.2) is 30.6 Å². The number of alkyl halides is 6. The normalized spacial score (nSPS) is 17.7. The van der Waals surface area contributed by atoms with Crippen molar-refractivity contribution < 1.29 is 26.3 Å². The fourth-order valence-electron chi connectivity index (χ4n) is 3.57. The van der Waals surface area contributed by atoms with Crippen LogP contribution in [-0.4, -0.2) is 46.8 Å². The number of anilines is 2. The molecule has 1 fully saturated rings. The highest BCUT2D eigenvalue weighted by Crippen LogP contribution is 2.41. The third kappa shape index (κ3) is 4.24. The van der Waals surface area contributed by atoms with E-state index in [0.29, 0.717) is 5.39 Å². The van der Waals surface area contributed by atoms with Crippen LogP contribution in [0.3, 0.4) is 0 Å². The van der Waals surface area contributed by atoms with E-state index < -0.39 is 29.7 Å². The van der Waals surface area contributed by atoms with Gasteiger partial charge >= 0.3 is 12.4 Å². The van der Waals surface area contributed by atoms with Gasteiger partial charge in [-0.05, 0) is 24.3 Å². The molecule has 4 rings (SSSR count). The second kappa shape index (κ2) is 7.93. The van der Waals surface area contributed by atoms with Crippen LogP contribution in [0.2, 0.25) is 5.02 Å². The Bertz CT molecular complexity index is 1170. The molecule has 0 amide bonds. The van der Waals surface area contributed by atoms with Gasteiger partial charge in [0, 0.05) is 30.6 Å². The first-order valence-corrected chi connectivity index (χ1v) is 9.66. The SMILES string of the molecule is Nc1ccc(C(F)(F)F)c(-c2cc3ncnc(N4CCNC(C(F)(F)F)C4)c3cc2Cl)n1. The zero-order chi connectivity index (χ0) is 23.3. The highest BCUT2D eigenvalue weighted by Gasteiger charge is 2.42. The third-order valence-corrected chi connectivity index (χ3v) is 5.36. The molecule has 2 aromatic heterocycles. The van der Waals surface area contributed by atoms with Crippen molar-refractivity contribution in [3.8, 4) is 11.3 Å². The van der Waals surface area contributed by atoms with Crippen LogP contribution < -0.4 is 16.0 Å². The van der Waals surface area contributed by atoms with Gasteiger partial charge in [-0.2, -0.15) is 26.3 Å². The molecule has 3 N–H and O–H groups in total. The average molecular weight is 477 g/mol. The van der Waals surface area contributed by atoms with Gasteiger partial charge in [0.05, 0.1) is 21.8 Å². The first-order valence-electron chi connectivity index (χ1n) is 9.28. The lowest BCUT2D eigenvalue weighted by atomic mass is 10.0. The number of nitrogens with zero attached hydrogens (tertiary/aromatic N) is 4. The molecule has 1 saturated heterocycles. The predicted octanol–water partition coefficient (Wildman–Crippen LogP) is 4.29. The van der Waals surface area contributed by atoms with Crippen LogP contribution in [0.1, 0.15) is 5.56 Å². The molecular formula is C19H15ClF6N6. The molecule has 6 nitrogen and oxygen atoms in total. The number of piperazine rings is 1. The van der Waals surface area contributed by atoms with Gasteiger partial charge in [0.25, 0.3) is 0 Å². The molecular weight excluding hydrogens is 462 g/mol. The Labute approximate surface area is 182 Å². The molecule has 1 aliphatic rings. The minimum absolute atomic E-state index is 0.0584. The summed E-state index contributed by atoms with van der Waals surface area (Å²) in [6.45, 7) is -0.0688. The summed E-state index contributed by atoms with van der Waals surface area (Å²) in [7, 11) is 0. The summed E-state index contributed by atoms with van der Waals surface area (Å²) >= 11 is 6.31. The van der Waals surface area contributed by atoms with Gasteiger partial charge < -0.3 is 16.0 Å². The van der Waals surface area contributed by atoms with Crippen molar-refractivity contribution in [3.63, 3.8) is 0 Å². The molecule has 0 aliphatic carbocycles. The summed E-state index contributed by atoms with van der Waals surface area (Å²) in [5.41, 5.74) is 4.23. The van der Waals surface area contributed by atoms with E-state index in [4.69, 9.17) is 17.3 Å². The van der Waals surface area contributed by atoms with E-state index >= 15 is 0 Å². The van der Waals surface area contributed by atoms with Gasteiger partial charge in [-0.25, -0.2) is 15.0 Å². The molecule has 3 heterocycles. The lowest BCUT2D eigenvalue weighted by Crippen LogP contribution is -2.57. The number of fused-ring (bicyclic) bond motifs is 1. The third-order valence-electron chi connectivity index (χ3n) is 5.05. The number of benzene rings is 1. The Morgan fingerprint density at radius 2 is 1.84 bits per heavy atom. The maximum absolute atomic E-state index is 13.5. The van der Waals surface area contributed by atoms with E-state index in [-0.39, 0.29) is 47.4 Å². The highest BCUT2D eigenvalue weighted by atomic mass is 35.5. The van der Waals surface area contributed by atoms with E-state index in [9.17, 15) is 26.3 Å². The van der Waals surface area contributed by atoms with Crippen molar-refractivity contribution in [1.29, 1.82) is 0 Å². The lowest BCUT2D eigenvalue weighted by Gasteiger charge is -2.35. The van der Waals surface area contributed by atoms with Crippen molar-refractivity contribution in [3.05, 3.63) is 41.2 Å². The molecule has 1 aliphatic heterocycles. The first kappa shape index (κ1) is 22.3. The van der Waals surface area contributed by atoms with Gasteiger partial charge in [-0.1, -0.05) is 11.6 Å². The molecule has 0 saturated carbocycles. The fourth-order valence-corrected chi connectivity index (χ4v) is 3.82. The minimum Gasteiger partial charge on any atom is -0.384 e.